The van der Waals surface area contributed by atoms with Crippen LogP contribution in [0.2, 0.25) is 0 Å². The van der Waals surface area contributed by atoms with E-state index in [0.717, 1.165) is 29.9 Å². The summed E-state index contributed by atoms with van der Waals surface area (Å²) in [6.07, 6.45) is 3.26. The van der Waals surface area contributed by atoms with E-state index in [4.69, 9.17) is 0 Å². The first-order valence-electron chi connectivity index (χ1n) is 30.8. The van der Waals surface area contributed by atoms with Crippen LogP contribution in [-0.4, -0.2) is 6.71 Å². The first kappa shape index (κ1) is 53.5. The van der Waals surface area contributed by atoms with Crippen LogP contribution in [0.5, 0.6) is 0 Å². The van der Waals surface area contributed by atoms with Crippen LogP contribution in [0.4, 0.5) is 51.2 Å². The van der Waals surface area contributed by atoms with E-state index in [9.17, 15) is 0 Å². The standard InChI is InChI=1S/C79H82BN3/c1-48-40-70-73-71(41-48)83(68-46-61-60(42-49(68)2)76(9,10)38-39-77(61,11)12)69-47-63-62(78(13,14)58-25-19-20-26-59(58)79(63,15)16)45-65(69)80(73)64-44-56(36-37-66(64)82(70)67-27-21-23-51-43-50-22-17-18-24-57(50)72(51)67)81(54-32-28-52(29-33-54)74(3,4)5)55-34-30-53(31-35-55)75(6,7)8/h17-37,40-42,44-47H,38-39,43H2,1-16H3. The summed E-state index contributed by atoms with van der Waals surface area (Å²) in [5, 5.41) is 0. The minimum Gasteiger partial charge on any atom is -0.311 e. The maximum absolute atomic E-state index is 2.74. The molecule has 4 heteroatoms. The molecule has 83 heavy (non-hydrogen) atoms. The van der Waals surface area contributed by atoms with Gasteiger partial charge in [-0.15, -0.1) is 0 Å². The van der Waals surface area contributed by atoms with Crippen molar-refractivity contribution >= 4 is 74.3 Å². The van der Waals surface area contributed by atoms with Crippen LogP contribution in [0.25, 0.3) is 11.1 Å². The van der Waals surface area contributed by atoms with Crippen molar-refractivity contribution < 1.29 is 0 Å². The largest absolute Gasteiger partial charge is 0.311 e. The molecule has 0 saturated heterocycles. The van der Waals surface area contributed by atoms with Crippen LogP contribution in [-0.2, 0) is 38.9 Å². The minimum atomic E-state index is -0.256. The first-order chi connectivity index (χ1) is 39.2. The van der Waals surface area contributed by atoms with E-state index in [2.05, 4.69) is 295 Å². The maximum atomic E-state index is 2.74. The molecule has 0 atom stereocenters. The number of hydrogen-bond acceptors (Lipinski definition) is 3. The average Bonchev–Trinajstić information content (AvgIpc) is 1.13. The molecule has 0 fully saturated rings. The van der Waals surface area contributed by atoms with Gasteiger partial charge in [-0.3, -0.25) is 0 Å². The van der Waals surface area contributed by atoms with Crippen LogP contribution >= 0.6 is 0 Å². The van der Waals surface area contributed by atoms with E-state index >= 15 is 0 Å². The monoisotopic (exact) mass is 1080 g/mol. The fraction of sp³-hybridized carbons (Fsp3) is 0.316. The normalized spacial score (nSPS) is 17.1. The fourth-order valence-corrected chi connectivity index (χ4v) is 15.7. The van der Waals surface area contributed by atoms with Crippen LogP contribution in [0, 0.1) is 13.8 Å². The summed E-state index contributed by atoms with van der Waals surface area (Å²) in [7, 11) is 0. The molecule has 5 aliphatic rings. The smallest absolute Gasteiger partial charge is 0.252 e. The molecule has 0 bridgehead atoms. The van der Waals surface area contributed by atoms with E-state index in [1.807, 2.05) is 0 Å². The lowest BCUT2D eigenvalue weighted by atomic mass is 9.33. The van der Waals surface area contributed by atoms with E-state index < -0.39 is 0 Å². The van der Waals surface area contributed by atoms with Crippen molar-refractivity contribution in [2.75, 3.05) is 14.7 Å². The van der Waals surface area contributed by atoms with Gasteiger partial charge in [0.2, 0.25) is 0 Å². The Morgan fingerprint density at radius 2 is 0.904 bits per heavy atom. The summed E-state index contributed by atoms with van der Waals surface area (Å²) >= 11 is 0. The van der Waals surface area contributed by atoms with E-state index in [0.29, 0.717) is 0 Å². The van der Waals surface area contributed by atoms with Gasteiger partial charge in [-0.1, -0.05) is 194 Å². The van der Waals surface area contributed by atoms with E-state index in [1.165, 1.54) is 135 Å². The van der Waals surface area contributed by atoms with Crippen molar-refractivity contribution in [1.82, 2.24) is 0 Å². The molecule has 9 aromatic rings. The van der Waals surface area contributed by atoms with Gasteiger partial charge >= 0.3 is 0 Å². The van der Waals surface area contributed by atoms with Crippen LogP contribution in [0.3, 0.4) is 0 Å². The van der Waals surface area contributed by atoms with Gasteiger partial charge in [0.1, 0.15) is 0 Å². The lowest BCUT2D eigenvalue weighted by molar-refractivity contribution is 0.332. The van der Waals surface area contributed by atoms with Crippen molar-refractivity contribution in [2.24, 2.45) is 0 Å². The van der Waals surface area contributed by atoms with Gasteiger partial charge < -0.3 is 14.7 Å². The predicted octanol–water partition coefficient (Wildman–Crippen LogP) is 19.3. The molecule has 2 heterocycles. The quantitative estimate of drug-likeness (QED) is 0.159. The second-order valence-electron chi connectivity index (χ2n) is 29.8. The van der Waals surface area contributed by atoms with Crippen molar-refractivity contribution in [1.29, 1.82) is 0 Å². The van der Waals surface area contributed by atoms with Gasteiger partial charge in [-0.05, 0) is 216 Å². The predicted molar refractivity (Wildman–Crippen MR) is 356 cm³/mol. The van der Waals surface area contributed by atoms with Gasteiger partial charge in [0.05, 0.1) is 5.69 Å². The number of anilines is 9. The first-order valence-corrected chi connectivity index (χ1v) is 30.8. The molecule has 416 valence electrons. The number of benzene rings is 9. The Bertz CT molecular complexity index is 4120. The van der Waals surface area contributed by atoms with E-state index in [-0.39, 0.29) is 39.2 Å². The number of fused-ring (bicyclic) bond motifs is 10. The summed E-state index contributed by atoms with van der Waals surface area (Å²) in [6.45, 7) is 38.3. The molecule has 2 aliphatic heterocycles. The summed E-state index contributed by atoms with van der Waals surface area (Å²) in [6, 6.07) is 67.3. The molecule has 0 aromatic heterocycles. The Labute approximate surface area is 496 Å². The zero-order chi connectivity index (χ0) is 58.2. The van der Waals surface area contributed by atoms with Gasteiger partial charge in [-0.25, -0.2) is 0 Å². The molecular weight excluding hydrogens is 1000 g/mol. The number of hydrogen-bond donors (Lipinski definition) is 0. The van der Waals surface area contributed by atoms with Gasteiger partial charge in [-0.2, -0.15) is 0 Å². The number of rotatable bonds is 5. The maximum Gasteiger partial charge on any atom is 0.252 e. The third-order valence-corrected chi connectivity index (χ3v) is 20.6. The molecule has 0 unspecified atom stereocenters. The SMILES string of the molecule is Cc1cc2c3c(c1)N(c1cccc4c1-c1ccccc1C4)c1ccc(N(c4ccc(C(C)(C)C)cc4)c4ccc(C(C)(C)C)cc4)cc1B3c1cc3c(cc1N2c1cc2c(cc1C)C(C)(C)CCC2(C)C)C(C)(C)c1ccccc1C3(C)C. The molecule has 3 aliphatic carbocycles. The molecule has 0 spiro atoms. The lowest BCUT2D eigenvalue weighted by Crippen LogP contribution is -2.62. The third-order valence-electron chi connectivity index (χ3n) is 20.6. The zero-order valence-corrected chi connectivity index (χ0v) is 52.2. The Kier molecular flexibility index (Phi) is 11.6. The Balaban J connectivity index is 1.10. The lowest BCUT2D eigenvalue weighted by Gasteiger charge is -2.49. The summed E-state index contributed by atoms with van der Waals surface area (Å²) in [5.74, 6) is 0. The highest BCUT2D eigenvalue weighted by Crippen LogP contribution is 2.56. The summed E-state index contributed by atoms with van der Waals surface area (Å²) < 4.78 is 0. The van der Waals surface area contributed by atoms with Crippen molar-refractivity contribution in [3.8, 4) is 11.1 Å². The van der Waals surface area contributed by atoms with Gasteiger partial charge in [0.15, 0.2) is 0 Å². The summed E-state index contributed by atoms with van der Waals surface area (Å²) in [5.41, 5.74) is 33.9. The zero-order valence-electron chi connectivity index (χ0n) is 52.2. The second kappa shape index (κ2) is 18.0. The number of nitrogens with zero attached hydrogens (tertiary/aromatic N) is 3. The average molecular weight is 1080 g/mol. The molecule has 14 rings (SSSR count). The van der Waals surface area contributed by atoms with Crippen LogP contribution in [0.15, 0.2) is 170 Å². The molecule has 0 saturated carbocycles. The molecule has 0 radical (unpaired) electrons. The molecular formula is C79H82BN3. The van der Waals surface area contributed by atoms with Crippen molar-refractivity contribution in [2.45, 2.75) is 163 Å². The van der Waals surface area contributed by atoms with Crippen LogP contribution in [0.1, 0.15) is 177 Å². The fourth-order valence-electron chi connectivity index (χ4n) is 15.7. The van der Waals surface area contributed by atoms with Gasteiger partial charge in [0, 0.05) is 61.9 Å². The Hall–Kier alpha value is -7.56. The van der Waals surface area contributed by atoms with Crippen molar-refractivity contribution in [3.05, 3.63) is 237 Å². The van der Waals surface area contributed by atoms with E-state index in [1.54, 1.807) is 0 Å². The van der Waals surface area contributed by atoms with Gasteiger partial charge in [0.25, 0.3) is 6.71 Å². The molecule has 0 amide bonds. The highest BCUT2D eigenvalue weighted by molar-refractivity contribution is 7.00. The highest BCUT2D eigenvalue weighted by atomic mass is 15.2. The second-order valence-corrected chi connectivity index (χ2v) is 29.8. The molecule has 3 nitrogen and oxygen atoms in total. The molecule has 9 aromatic carbocycles. The van der Waals surface area contributed by atoms with Crippen molar-refractivity contribution in [3.63, 3.8) is 0 Å². The third kappa shape index (κ3) is 8.04. The Morgan fingerprint density at radius 3 is 1.49 bits per heavy atom. The summed E-state index contributed by atoms with van der Waals surface area (Å²) in [4.78, 5) is 7.93. The molecule has 0 N–H and O–H groups in total. The minimum absolute atomic E-state index is 0.0202. The van der Waals surface area contributed by atoms with Crippen LogP contribution < -0.4 is 31.1 Å². The Morgan fingerprint density at radius 1 is 0.410 bits per heavy atom. The number of aryl methyl sites for hydroxylation is 2. The highest BCUT2D eigenvalue weighted by Gasteiger charge is 2.49. The topological polar surface area (TPSA) is 9.72 Å².